The maximum Gasteiger partial charge on any atom is 0.0639 e. The van der Waals surface area contributed by atoms with Crippen LogP contribution in [0.25, 0.3) is 0 Å². The summed E-state index contributed by atoms with van der Waals surface area (Å²) >= 11 is 0. The number of hydrogen-bond acceptors (Lipinski definition) is 4. The molecule has 0 saturated heterocycles. The van der Waals surface area contributed by atoms with E-state index in [4.69, 9.17) is 12.0 Å². The van der Waals surface area contributed by atoms with Crippen molar-refractivity contribution in [2.75, 3.05) is 4.90 Å². The molecule has 0 bridgehead atoms. The quantitative estimate of drug-likeness (QED) is 0.147. The number of fused-ring (bicyclic) bond motifs is 1. The Balaban J connectivity index is 1.42. The summed E-state index contributed by atoms with van der Waals surface area (Å²) in [6.07, 6.45) is 29.4. The molecule has 0 aromatic heterocycles. The lowest BCUT2D eigenvalue weighted by Gasteiger charge is -2.40. The fraction of sp³-hybridized carbons (Fsp3) is 0.311. The number of benzene rings is 1. The Morgan fingerprint density at radius 1 is 0.980 bits per heavy atom. The number of allylic oxidation sites excluding steroid dienone is 12. The molecule has 4 unspecified atom stereocenters. The van der Waals surface area contributed by atoms with E-state index in [-0.39, 0.29) is 23.3 Å². The first-order valence-corrected chi connectivity index (χ1v) is 17.6. The number of rotatable bonds is 15. The van der Waals surface area contributed by atoms with Gasteiger partial charge in [0.2, 0.25) is 0 Å². The minimum Gasteiger partial charge on any atom is -0.382 e. The minimum absolute atomic E-state index is 0.0236. The van der Waals surface area contributed by atoms with Crippen molar-refractivity contribution in [3.63, 3.8) is 0 Å². The molecule has 3 aliphatic carbocycles. The van der Waals surface area contributed by atoms with Crippen LogP contribution in [0.5, 0.6) is 0 Å². The highest BCUT2D eigenvalue weighted by Crippen LogP contribution is 2.57. The van der Waals surface area contributed by atoms with Gasteiger partial charge < -0.3 is 20.5 Å². The fourth-order valence-electron chi connectivity index (χ4n) is 7.91. The Morgan fingerprint density at radius 2 is 1.67 bits per heavy atom. The maximum atomic E-state index is 8.45. The van der Waals surface area contributed by atoms with Gasteiger partial charge in [0.25, 0.3) is 0 Å². The van der Waals surface area contributed by atoms with Crippen LogP contribution in [0.1, 0.15) is 58.8 Å². The molecule has 2 N–H and O–H groups in total. The average Bonchev–Trinajstić information content (AvgIpc) is 3.27. The number of hydrogen-bond donors (Lipinski definition) is 2. The second-order valence-corrected chi connectivity index (χ2v) is 14.2. The Morgan fingerprint density at radius 3 is 2.31 bits per heavy atom. The number of anilines is 1. The van der Waals surface area contributed by atoms with Gasteiger partial charge in [-0.25, -0.2) is 0 Å². The third kappa shape index (κ3) is 7.59. The van der Waals surface area contributed by atoms with Gasteiger partial charge in [-0.3, -0.25) is 0 Å². The summed E-state index contributed by atoms with van der Waals surface area (Å²) in [4.78, 5) is 4.46. The van der Waals surface area contributed by atoms with Gasteiger partial charge in [-0.15, -0.1) is 13.2 Å². The van der Waals surface area contributed by atoms with E-state index in [0.717, 1.165) is 83.7 Å². The van der Waals surface area contributed by atoms with Gasteiger partial charge in [-0.2, -0.15) is 0 Å². The number of nitrogens with one attached hydrogen (secondary N) is 2. The average molecular weight is 651 g/mol. The van der Waals surface area contributed by atoms with Gasteiger partial charge in [0, 0.05) is 29.5 Å². The lowest BCUT2D eigenvalue weighted by molar-refractivity contribution is 0.194. The molecule has 0 spiro atoms. The summed E-state index contributed by atoms with van der Waals surface area (Å²) in [6.45, 7) is 31.5. The minimum atomic E-state index is -0.172. The van der Waals surface area contributed by atoms with Crippen molar-refractivity contribution in [3.8, 4) is 0 Å². The number of dihydropyridines is 1. The molecule has 4 heteroatoms. The van der Waals surface area contributed by atoms with E-state index in [1.54, 1.807) is 0 Å². The second kappa shape index (κ2) is 15.6. The highest BCUT2D eigenvalue weighted by Gasteiger charge is 2.48. The summed E-state index contributed by atoms with van der Waals surface area (Å²) in [7, 11) is 0. The van der Waals surface area contributed by atoms with Crippen LogP contribution in [0, 0.1) is 22.7 Å². The molecule has 1 fully saturated rings. The van der Waals surface area contributed by atoms with Gasteiger partial charge in [0.15, 0.2) is 0 Å². The smallest absolute Gasteiger partial charge is 0.0639 e. The summed E-state index contributed by atoms with van der Waals surface area (Å²) in [5.74, 6) is 0.245. The molecule has 49 heavy (non-hydrogen) atoms. The summed E-state index contributed by atoms with van der Waals surface area (Å²) in [5, 5.41) is 12.1. The van der Waals surface area contributed by atoms with Gasteiger partial charge in [0.1, 0.15) is 0 Å². The lowest BCUT2D eigenvalue weighted by Crippen LogP contribution is -2.38. The molecule has 4 atom stereocenters. The van der Waals surface area contributed by atoms with Crippen molar-refractivity contribution in [1.82, 2.24) is 10.2 Å². The SMILES string of the molecule is C=CCC(C=C)N(C(=C)CC1C(=C)C(=C)C(CC(=C)N(/C(C=N)=C/C2=CCCC=C2)c2ccccc2)C1(C)C)C1=CNC2CCC=CC2=C1. The fourth-order valence-corrected chi connectivity index (χ4v) is 7.91. The molecule has 0 amide bonds. The molecule has 4 nitrogen and oxygen atoms in total. The lowest BCUT2D eigenvalue weighted by atomic mass is 9.71. The number of para-hydroxylation sites is 1. The van der Waals surface area contributed by atoms with Gasteiger partial charge in [-0.05, 0) is 109 Å². The van der Waals surface area contributed by atoms with E-state index in [9.17, 15) is 0 Å². The Bertz CT molecular complexity index is 1690. The zero-order valence-corrected chi connectivity index (χ0v) is 29.6. The molecule has 4 aliphatic rings. The molecule has 1 heterocycles. The molecule has 0 radical (unpaired) electrons. The highest BCUT2D eigenvalue weighted by atomic mass is 15.2. The third-order valence-corrected chi connectivity index (χ3v) is 10.7. The van der Waals surface area contributed by atoms with Crippen LogP contribution < -0.4 is 10.2 Å². The van der Waals surface area contributed by atoms with Crippen molar-refractivity contribution in [1.29, 1.82) is 5.41 Å². The first-order chi connectivity index (χ1) is 23.6. The topological polar surface area (TPSA) is 42.4 Å². The van der Waals surface area contributed by atoms with Crippen molar-refractivity contribution in [3.05, 3.63) is 176 Å². The number of nitrogens with zero attached hydrogens (tertiary/aromatic N) is 2. The van der Waals surface area contributed by atoms with E-state index in [0.29, 0.717) is 12.5 Å². The highest BCUT2D eigenvalue weighted by molar-refractivity contribution is 5.85. The molecule has 254 valence electrons. The normalized spacial score (nSPS) is 23.3. The van der Waals surface area contributed by atoms with Crippen LogP contribution in [0.2, 0.25) is 0 Å². The first kappa shape index (κ1) is 35.5. The molecule has 1 aromatic rings. The Labute approximate surface area is 295 Å². The van der Waals surface area contributed by atoms with Crippen LogP contribution in [0.4, 0.5) is 5.69 Å². The van der Waals surface area contributed by atoms with E-state index in [1.165, 1.54) is 11.8 Å². The molecular formula is C45H54N4. The zero-order chi connectivity index (χ0) is 35.1. The monoisotopic (exact) mass is 650 g/mol. The summed E-state index contributed by atoms with van der Waals surface area (Å²) < 4.78 is 0. The van der Waals surface area contributed by atoms with Gasteiger partial charge in [0.05, 0.1) is 23.5 Å². The molecule has 1 aliphatic heterocycles. The van der Waals surface area contributed by atoms with Gasteiger partial charge >= 0.3 is 0 Å². The second-order valence-electron chi connectivity index (χ2n) is 14.2. The van der Waals surface area contributed by atoms with Crippen molar-refractivity contribution < 1.29 is 0 Å². The standard InChI is InChI=1S/C45H54N4/c1-9-19-38(10-2)48(41-29-37-22-17-18-25-44(37)47-31-41)32(3)26-42-34(5)35(6)43(45(42,7)8)27-33(4)49(39-23-15-12-16-24-39)40(30-46)28-36-20-13-11-14-21-36/h9-10,12-13,15-17,20-24,28-31,38,42-44,46-47H,1-6,11,14,18-19,25-27H2,7-8H3/b40-28+,46-30?. The maximum absolute atomic E-state index is 8.45. The van der Waals surface area contributed by atoms with Crippen molar-refractivity contribution in [2.24, 2.45) is 17.3 Å². The summed E-state index contributed by atoms with van der Waals surface area (Å²) in [6, 6.07) is 10.6. The molecule has 5 rings (SSSR count). The van der Waals surface area contributed by atoms with Crippen LogP contribution in [-0.4, -0.2) is 23.2 Å². The molecule has 1 saturated carbocycles. The first-order valence-electron chi connectivity index (χ1n) is 17.6. The van der Waals surface area contributed by atoms with Gasteiger partial charge in [-0.1, -0.05) is 101 Å². The molecular weight excluding hydrogens is 597 g/mol. The van der Waals surface area contributed by atoms with Crippen LogP contribution in [0.15, 0.2) is 176 Å². The predicted molar refractivity (Wildman–Crippen MR) is 211 cm³/mol. The van der Waals surface area contributed by atoms with Crippen LogP contribution in [0.3, 0.4) is 0 Å². The van der Waals surface area contributed by atoms with E-state index < -0.39 is 0 Å². The van der Waals surface area contributed by atoms with Crippen LogP contribution >= 0.6 is 0 Å². The van der Waals surface area contributed by atoms with Crippen molar-refractivity contribution in [2.45, 2.75) is 70.9 Å². The van der Waals surface area contributed by atoms with E-state index in [1.807, 2.05) is 30.4 Å². The summed E-state index contributed by atoms with van der Waals surface area (Å²) in [5.41, 5.74) is 9.21. The Kier molecular flexibility index (Phi) is 11.3. The van der Waals surface area contributed by atoms with E-state index in [2.05, 4.69) is 123 Å². The van der Waals surface area contributed by atoms with Crippen LogP contribution in [-0.2, 0) is 0 Å². The van der Waals surface area contributed by atoms with E-state index >= 15 is 0 Å². The third-order valence-electron chi connectivity index (χ3n) is 10.7. The largest absolute Gasteiger partial charge is 0.382 e. The van der Waals surface area contributed by atoms with Crippen molar-refractivity contribution >= 4 is 11.9 Å². The molecule has 1 aromatic carbocycles. The predicted octanol–water partition coefficient (Wildman–Crippen LogP) is 11.0. The zero-order valence-electron chi connectivity index (χ0n) is 29.6. The Hall–Kier alpha value is -4.83.